The quantitative estimate of drug-likeness (QED) is 0.893. The first-order chi connectivity index (χ1) is 7.58. The highest BCUT2D eigenvalue weighted by Crippen LogP contribution is 2.31. The number of halogens is 2. The van der Waals surface area contributed by atoms with Crippen molar-refractivity contribution in [3.05, 3.63) is 28.3 Å². The van der Waals surface area contributed by atoms with Gasteiger partial charge in [0.25, 0.3) is 0 Å². The molecule has 98 valence electrons. The third kappa shape index (κ3) is 4.74. The van der Waals surface area contributed by atoms with Gasteiger partial charge < -0.3 is 10.5 Å². The van der Waals surface area contributed by atoms with Crippen molar-refractivity contribution in [3.8, 4) is 5.75 Å². The molecule has 17 heavy (non-hydrogen) atoms. The molecule has 0 aromatic heterocycles. The number of hydrogen-bond donors (Lipinski definition) is 1. The van der Waals surface area contributed by atoms with Crippen molar-refractivity contribution >= 4 is 24.0 Å². The minimum atomic E-state index is 0. The molecule has 0 saturated carbocycles. The number of nitrogens with two attached hydrogens (primary N) is 1. The molecule has 0 amide bonds. The van der Waals surface area contributed by atoms with Crippen LogP contribution in [0.15, 0.2) is 12.1 Å². The van der Waals surface area contributed by atoms with Gasteiger partial charge in [-0.05, 0) is 37.0 Å². The molecule has 0 saturated heterocycles. The molecule has 0 fully saturated rings. The predicted molar refractivity (Wildman–Crippen MR) is 76.6 cm³/mol. The zero-order chi connectivity index (χ0) is 12.1. The minimum Gasteiger partial charge on any atom is -0.495 e. The van der Waals surface area contributed by atoms with Crippen molar-refractivity contribution in [2.45, 2.75) is 39.2 Å². The summed E-state index contributed by atoms with van der Waals surface area (Å²) in [5.74, 6) is 0.763. The lowest BCUT2D eigenvalue weighted by atomic mass is 10.0. The third-order valence-corrected chi connectivity index (χ3v) is 2.75. The standard InChI is InChI=1S/C13H20ClNO.ClH/c1-4-5-10-7-11(6-9(2)15)13(16-3)12(14)8-10;/h7-9H,4-6,15H2,1-3H3;1H. The highest BCUT2D eigenvalue weighted by atomic mass is 35.5. The van der Waals surface area contributed by atoms with Gasteiger partial charge in [0.2, 0.25) is 0 Å². The molecule has 1 aromatic carbocycles. The molecule has 4 heteroatoms. The van der Waals surface area contributed by atoms with E-state index in [1.807, 2.05) is 13.0 Å². The Bertz CT molecular complexity index is 354. The zero-order valence-corrected chi connectivity index (χ0v) is 12.2. The van der Waals surface area contributed by atoms with Crippen molar-refractivity contribution in [1.29, 1.82) is 0 Å². The Morgan fingerprint density at radius 3 is 2.53 bits per heavy atom. The minimum absolute atomic E-state index is 0. The van der Waals surface area contributed by atoms with E-state index in [9.17, 15) is 0 Å². The van der Waals surface area contributed by atoms with E-state index in [0.29, 0.717) is 5.02 Å². The molecule has 1 rings (SSSR count). The van der Waals surface area contributed by atoms with Gasteiger partial charge >= 0.3 is 0 Å². The van der Waals surface area contributed by atoms with Crippen LogP contribution in [0.5, 0.6) is 5.75 Å². The van der Waals surface area contributed by atoms with Crippen molar-refractivity contribution in [2.75, 3.05) is 7.11 Å². The summed E-state index contributed by atoms with van der Waals surface area (Å²) in [4.78, 5) is 0. The summed E-state index contributed by atoms with van der Waals surface area (Å²) in [6.45, 7) is 4.14. The monoisotopic (exact) mass is 277 g/mol. The summed E-state index contributed by atoms with van der Waals surface area (Å²) in [5.41, 5.74) is 8.18. The van der Waals surface area contributed by atoms with Crippen LogP contribution < -0.4 is 10.5 Å². The Morgan fingerprint density at radius 2 is 2.06 bits per heavy atom. The van der Waals surface area contributed by atoms with Crippen LogP contribution in [0, 0.1) is 0 Å². The Kier molecular flexibility index (Phi) is 7.60. The number of benzene rings is 1. The summed E-state index contributed by atoms with van der Waals surface area (Å²) in [5, 5.41) is 0.684. The summed E-state index contributed by atoms with van der Waals surface area (Å²) in [6, 6.07) is 4.24. The average Bonchev–Trinajstić information content (AvgIpc) is 2.16. The van der Waals surface area contributed by atoms with Gasteiger partial charge in [0.15, 0.2) is 0 Å². The van der Waals surface area contributed by atoms with Crippen LogP contribution in [-0.4, -0.2) is 13.2 Å². The van der Waals surface area contributed by atoms with E-state index < -0.39 is 0 Å². The lowest BCUT2D eigenvalue weighted by Crippen LogP contribution is -2.18. The number of rotatable bonds is 5. The predicted octanol–water partition coefficient (Wildman–Crippen LogP) is 3.61. The lowest BCUT2D eigenvalue weighted by molar-refractivity contribution is 0.408. The number of ether oxygens (including phenoxy) is 1. The van der Waals surface area contributed by atoms with E-state index in [-0.39, 0.29) is 18.4 Å². The van der Waals surface area contributed by atoms with Gasteiger partial charge in [-0.3, -0.25) is 0 Å². The van der Waals surface area contributed by atoms with E-state index in [2.05, 4.69) is 13.0 Å². The fourth-order valence-corrected chi connectivity index (χ4v) is 2.21. The first-order valence-electron chi connectivity index (χ1n) is 5.69. The van der Waals surface area contributed by atoms with Crippen LogP contribution in [0.1, 0.15) is 31.4 Å². The molecular weight excluding hydrogens is 257 g/mol. The fourth-order valence-electron chi connectivity index (χ4n) is 1.87. The lowest BCUT2D eigenvalue weighted by Gasteiger charge is -2.14. The third-order valence-electron chi connectivity index (χ3n) is 2.46. The summed E-state index contributed by atoms with van der Waals surface area (Å²) in [6.07, 6.45) is 2.94. The first kappa shape index (κ1) is 16.6. The number of methoxy groups -OCH3 is 1. The zero-order valence-electron chi connectivity index (χ0n) is 10.6. The van der Waals surface area contributed by atoms with E-state index >= 15 is 0 Å². The second-order valence-electron chi connectivity index (χ2n) is 4.20. The fraction of sp³-hybridized carbons (Fsp3) is 0.538. The number of hydrogen-bond acceptors (Lipinski definition) is 2. The molecule has 2 nitrogen and oxygen atoms in total. The number of aryl methyl sites for hydroxylation is 1. The van der Waals surface area contributed by atoms with Crippen LogP contribution in [0.4, 0.5) is 0 Å². The Labute approximate surface area is 115 Å². The van der Waals surface area contributed by atoms with E-state index in [4.69, 9.17) is 22.1 Å². The topological polar surface area (TPSA) is 35.2 Å². The molecule has 1 atom stereocenters. The van der Waals surface area contributed by atoms with E-state index in [1.165, 1.54) is 5.56 Å². The second-order valence-corrected chi connectivity index (χ2v) is 4.61. The normalized spacial score (nSPS) is 11.8. The molecule has 0 aliphatic carbocycles. The second kappa shape index (κ2) is 7.80. The molecule has 1 aromatic rings. The Balaban J connectivity index is 0.00000256. The highest BCUT2D eigenvalue weighted by Gasteiger charge is 2.11. The van der Waals surface area contributed by atoms with Gasteiger partial charge in [-0.2, -0.15) is 0 Å². The van der Waals surface area contributed by atoms with Gasteiger partial charge in [0.1, 0.15) is 5.75 Å². The molecule has 0 radical (unpaired) electrons. The molecule has 0 aliphatic rings. The van der Waals surface area contributed by atoms with Crippen LogP contribution >= 0.6 is 24.0 Å². The SMILES string of the molecule is CCCc1cc(Cl)c(OC)c(CC(C)N)c1.Cl. The summed E-state index contributed by atoms with van der Waals surface area (Å²) in [7, 11) is 1.64. The van der Waals surface area contributed by atoms with Crippen molar-refractivity contribution < 1.29 is 4.74 Å². The first-order valence-corrected chi connectivity index (χ1v) is 6.07. The maximum atomic E-state index is 6.19. The molecule has 1 unspecified atom stereocenters. The smallest absolute Gasteiger partial charge is 0.140 e. The largest absolute Gasteiger partial charge is 0.495 e. The van der Waals surface area contributed by atoms with Crippen molar-refractivity contribution in [3.63, 3.8) is 0 Å². The van der Waals surface area contributed by atoms with E-state index in [0.717, 1.165) is 30.6 Å². The van der Waals surface area contributed by atoms with Crippen LogP contribution in [-0.2, 0) is 12.8 Å². The average molecular weight is 278 g/mol. The summed E-state index contributed by atoms with van der Waals surface area (Å²) >= 11 is 6.19. The van der Waals surface area contributed by atoms with Crippen LogP contribution in [0.25, 0.3) is 0 Å². The van der Waals surface area contributed by atoms with Crippen molar-refractivity contribution in [2.24, 2.45) is 5.73 Å². The van der Waals surface area contributed by atoms with Crippen LogP contribution in [0.3, 0.4) is 0 Å². The van der Waals surface area contributed by atoms with Gasteiger partial charge in [0.05, 0.1) is 12.1 Å². The highest BCUT2D eigenvalue weighted by molar-refractivity contribution is 6.32. The molecule has 2 N–H and O–H groups in total. The van der Waals surface area contributed by atoms with Gasteiger partial charge in [0, 0.05) is 6.04 Å². The van der Waals surface area contributed by atoms with Crippen LogP contribution in [0.2, 0.25) is 5.02 Å². The molecule has 0 bridgehead atoms. The molecular formula is C13H21Cl2NO. The Morgan fingerprint density at radius 1 is 1.41 bits per heavy atom. The molecule has 0 heterocycles. The molecule has 0 aliphatic heterocycles. The maximum Gasteiger partial charge on any atom is 0.140 e. The van der Waals surface area contributed by atoms with Gasteiger partial charge in [-0.25, -0.2) is 0 Å². The Hall–Kier alpha value is -0.440. The van der Waals surface area contributed by atoms with Crippen molar-refractivity contribution in [1.82, 2.24) is 0 Å². The maximum absolute atomic E-state index is 6.19. The van der Waals surface area contributed by atoms with Gasteiger partial charge in [-0.1, -0.05) is 31.0 Å². The van der Waals surface area contributed by atoms with E-state index in [1.54, 1.807) is 7.11 Å². The van der Waals surface area contributed by atoms with Gasteiger partial charge in [-0.15, -0.1) is 12.4 Å². The molecule has 0 spiro atoms. The summed E-state index contributed by atoms with van der Waals surface area (Å²) < 4.78 is 5.32.